The molecule has 1 rings (SSSR count). The molecule has 0 aliphatic carbocycles. The van der Waals surface area contributed by atoms with Gasteiger partial charge in [-0.25, -0.2) is 0 Å². The van der Waals surface area contributed by atoms with Crippen LogP contribution in [0.2, 0.25) is 8.67 Å². The molecule has 0 aliphatic heterocycles. The second-order valence-electron chi connectivity index (χ2n) is 2.29. The van der Waals surface area contributed by atoms with Crippen molar-refractivity contribution in [2.24, 2.45) is 5.73 Å². The molecule has 2 N–H and O–H groups in total. The molecule has 1 aromatic heterocycles. The van der Waals surface area contributed by atoms with Gasteiger partial charge in [-0.1, -0.05) is 30.1 Å². The number of thiophene rings is 1. The largest absolute Gasteiger partial charge is 0.324 e. The van der Waals surface area contributed by atoms with Crippen LogP contribution in [0.5, 0.6) is 0 Å². The van der Waals surface area contributed by atoms with E-state index in [1.54, 1.807) is 0 Å². The lowest BCUT2D eigenvalue weighted by Crippen LogP contribution is -2.07. The summed E-state index contributed by atoms with van der Waals surface area (Å²) in [7, 11) is 0. The van der Waals surface area contributed by atoms with Gasteiger partial charge in [0.05, 0.1) is 8.67 Å². The normalized spacial score (nSPS) is 13.5. The van der Waals surface area contributed by atoms with E-state index in [0.717, 1.165) is 12.0 Å². The van der Waals surface area contributed by atoms with Crippen LogP contribution in [0, 0.1) is 0 Å². The summed E-state index contributed by atoms with van der Waals surface area (Å²) in [6.07, 6.45) is 0.882. The fourth-order valence-corrected chi connectivity index (χ4v) is 2.42. The van der Waals surface area contributed by atoms with Gasteiger partial charge >= 0.3 is 0 Å². The summed E-state index contributed by atoms with van der Waals surface area (Å²) >= 11 is 13.0. The molecule has 1 nitrogen and oxygen atoms in total. The summed E-state index contributed by atoms with van der Waals surface area (Å²) in [6.45, 7) is 2.02. The van der Waals surface area contributed by atoms with Crippen molar-refractivity contribution >= 4 is 34.5 Å². The molecule has 0 radical (unpaired) electrons. The molecule has 4 heteroatoms. The van der Waals surface area contributed by atoms with Crippen LogP contribution in [-0.2, 0) is 0 Å². The fourth-order valence-electron chi connectivity index (χ4n) is 0.826. The van der Waals surface area contributed by atoms with Gasteiger partial charge in [-0.05, 0) is 18.1 Å². The summed E-state index contributed by atoms with van der Waals surface area (Å²) in [6, 6.07) is 1.86. The van der Waals surface area contributed by atoms with Gasteiger partial charge in [0.2, 0.25) is 0 Å². The highest BCUT2D eigenvalue weighted by Gasteiger charge is 2.11. The van der Waals surface area contributed by atoms with Gasteiger partial charge in [0.1, 0.15) is 0 Å². The van der Waals surface area contributed by atoms with Crippen LogP contribution in [0.4, 0.5) is 0 Å². The fraction of sp³-hybridized carbons (Fsp3) is 0.429. The number of halogens is 2. The molecule has 1 unspecified atom stereocenters. The van der Waals surface area contributed by atoms with E-state index in [4.69, 9.17) is 28.9 Å². The average molecular weight is 210 g/mol. The van der Waals surface area contributed by atoms with Gasteiger partial charge in [0.25, 0.3) is 0 Å². The zero-order valence-electron chi connectivity index (χ0n) is 6.10. The summed E-state index contributed by atoms with van der Waals surface area (Å²) in [4.78, 5) is 0. The first-order chi connectivity index (χ1) is 5.15. The van der Waals surface area contributed by atoms with Gasteiger partial charge in [-0.15, -0.1) is 11.3 Å². The molecule has 0 aromatic carbocycles. The minimum atomic E-state index is 0.0197. The Balaban J connectivity index is 2.93. The smallest absolute Gasteiger partial charge is 0.0991 e. The zero-order valence-corrected chi connectivity index (χ0v) is 8.43. The maximum Gasteiger partial charge on any atom is 0.0991 e. The quantitative estimate of drug-likeness (QED) is 0.794. The van der Waals surface area contributed by atoms with Gasteiger partial charge in [0, 0.05) is 6.04 Å². The average Bonchev–Trinajstić information content (AvgIpc) is 2.28. The second-order valence-corrected chi connectivity index (χ2v) is 4.58. The third kappa shape index (κ3) is 2.09. The van der Waals surface area contributed by atoms with Crippen LogP contribution in [0.15, 0.2) is 6.07 Å². The number of nitrogens with two attached hydrogens (primary N) is 1. The van der Waals surface area contributed by atoms with Crippen LogP contribution in [0.3, 0.4) is 0 Å². The maximum absolute atomic E-state index is 5.87. The van der Waals surface area contributed by atoms with Crippen molar-refractivity contribution in [1.82, 2.24) is 0 Å². The standard InChI is InChI=1S/C7H9Cl2NS/c1-2-5(10)4-3-6(8)11-7(4)9/h3,5H,2,10H2,1H3. The highest BCUT2D eigenvalue weighted by Crippen LogP contribution is 2.34. The monoisotopic (exact) mass is 209 g/mol. The number of hydrogen-bond donors (Lipinski definition) is 1. The van der Waals surface area contributed by atoms with Crippen molar-refractivity contribution in [3.05, 3.63) is 20.3 Å². The Bertz CT molecular complexity index is 247. The number of rotatable bonds is 2. The van der Waals surface area contributed by atoms with Crippen LogP contribution in [-0.4, -0.2) is 0 Å². The predicted molar refractivity (Wildman–Crippen MR) is 51.6 cm³/mol. The Morgan fingerprint density at radius 3 is 2.64 bits per heavy atom. The van der Waals surface area contributed by atoms with Crippen molar-refractivity contribution in [3.63, 3.8) is 0 Å². The first kappa shape index (κ1) is 9.33. The molecule has 0 aliphatic rings. The Hall–Kier alpha value is 0.240. The van der Waals surface area contributed by atoms with Crippen LogP contribution in [0.25, 0.3) is 0 Å². The van der Waals surface area contributed by atoms with E-state index in [1.165, 1.54) is 11.3 Å². The minimum Gasteiger partial charge on any atom is -0.324 e. The lowest BCUT2D eigenvalue weighted by molar-refractivity contribution is 0.702. The number of hydrogen-bond acceptors (Lipinski definition) is 2. The van der Waals surface area contributed by atoms with Gasteiger partial charge < -0.3 is 5.73 Å². The maximum atomic E-state index is 5.87. The first-order valence-corrected chi connectivity index (χ1v) is 4.92. The second kappa shape index (κ2) is 3.76. The molecule has 0 amide bonds. The molecule has 1 heterocycles. The molecule has 0 spiro atoms. The SMILES string of the molecule is CCC(N)c1cc(Cl)sc1Cl. The predicted octanol–water partition coefficient (Wildman–Crippen LogP) is 3.46. The topological polar surface area (TPSA) is 26.0 Å². The summed E-state index contributed by atoms with van der Waals surface area (Å²) in [5.74, 6) is 0. The first-order valence-electron chi connectivity index (χ1n) is 3.35. The van der Waals surface area contributed by atoms with E-state index in [9.17, 15) is 0 Å². The third-order valence-corrected chi connectivity index (χ3v) is 3.04. The summed E-state index contributed by atoms with van der Waals surface area (Å²) in [5.41, 5.74) is 6.73. The Morgan fingerprint density at radius 2 is 2.27 bits per heavy atom. The van der Waals surface area contributed by atoms with Crippen LogP contribution in [0.1, 0.15) is 24.9 Å². The minimum absolute atomic E-state index is 0.0197. The Morgan fingerprint density at radius 1 is 1.64 bits per heavy atom. The molecule has 0 saturated heterocycles. The van der Waals surface area contributed by atoms with Crippen molar-refractivity contribution in [3.8, 4) is 0 Å². The highest BCUT2D eigenvalue weighted by atomic mass is 35.5. The van der Waals surface area contributed by atoms with E-state index >= 15 is 0 Å². The molecule has 0 saturated carbocycles. The van der Waals surface area contributed by atoms with Gasteiger partial charge in [0.15, 0.2) is 0 Å². The van der Waals surface area contributed by atoms with E-state index in [-0.39, 0.29) is 6.04 Å². The lowest BCUT2D eigenvalue weighted by atomic mass is 10.1. The highest BCUT2D eigenvalue weighted by molar-refractivity contribution is 7.20. The Labute approximate surface area is 80.1 Å². The van der Waals surface area contributed by atoms with Crippen molar-refractivity contribution < 1.29 is 0 Å². The molecule has 0 bridgehead atoms. The van der Waals surface area contributed by atoms with E-state index in [1.807, 2.05) is 13.0 Å². The molecule has 0 fully saturated rings. The van der Waals surface area contributed by atoms with E-state index in [0.29, 0.717) is 8.67 Å². The molecular formula is C7H9Cl2NS. The molecule has 1 aromatic rings. The molecular weight excluding hydrogens is 201 g/mol. The van der Waals surface area contributed by atoms with Crippen LogP contribution >= 0.6 is 34.5 Å². The summed E-state index contributed by atoms with van der Waals surface area (Å²) < 4.78 is 1.42. The molecule has 1 atom stereocenters. The van der Waals surface area contributed by atoms with Gasteiger partial charge in [-0.2, -0.15) is 0 Å². The van der Waals surface area contributed by atoms with Crippen molar-refractivity contribution in [2.45, 2.75) is 19.4 Å². The van der Waals surface area contributed by atoms with Gasteiger partial charge in [-0.3, -0.25) is 0 Å². The third-order valence-electron chi connectivity index (χ3n) is 1.52. The Kier molecular flexibility index (Phi) is 3.19. The van der Waals surface area contributed by atoms with E-state index < -0.39 is 0 Å². The summed E-state index contributed by atoms with van der Waals surface area (Å²) in [5, 5.41) is 0. The zero-order chi connectivity index (χ0) is 8.43. The van der Waals surface area contributed by atoms with Crippen LogP contribution < -0.4 is 5.73 Å². The van der Waals surface area contributed by atoms with Crippen molar-refractivity contribution in [1.29, 1.82) is 0 Å². The lowest BCUT2D eigenvalue weighted by Gasteiger charge is -2.05. The van der Waals surface area contributed by atoms with E-state index in [2.05, 4.69) is 0 Å². The molecule has 11 heavy (non-hydrogen) atoms. The molecule has 62 valence electrons. The van der Waals surface area contributed by atoms with Crippen molar-refractivity contribution in [2.75, 3.05) is 0 Å².